The number of aliphatic imine (C=N–C) groups is 1. The quantitative estimate of drug-likeness (QED) is 0.583. The van der Waals surface area contributed by atoms with Crippen LogP contribution in [0.1, 0.15) is 31.1 Å². The Bertz CT molecular complexity index is 944. The standard InChI is InChI=1S/C20H27N5O3/c1-11(2)28-19-14-10-15(20(26)25(4)5)16(27-6)8-13(14)9-18(24-19)23-17(22)7-12(3)21/h7-11H,21H2,1-6H3,(H2,22,23,24). The fraction of sp³-hybridized carbons (Fsp3) is 0.350. The predicted octanol–water partition coefficient (Wildman–Crippen LogP) is 2.58. The topological polar surface area (TPSA) is 116 Å². The van der Waals surface area contributed by atoms with E-state index in [-0.39, 0.29) is 17.8 Å². The van der Waals surface area contributed by atoms with Crippen LogP contribution in [0, 0.1) is 0 Å². The second kappa shape index (κ2) is 8.60. The van der Waals surface area contributed by atoms with Crippen molar-refractivity contribution in [2.24, 2.45) is 16.5 Å². The van der Waals surface area contributed by atoms with E-state index in [1.54, 1.807) is 45.3 Å². The molecule has 0 aliphatic rings. The average molecular weight is 385 g/mol. The van der Waals surface area contributed by atoms with E-state index in [0.29, 0.717) is 34.1 Å². The summed E-state index contributed by atoms with van der Waals surface area (Å²) in [4.78, 5) is 22.8. The monoisotopic (exact) mass is 385 g/mol. The lowest BCUT2D eigenvalue weighted by atomic mass is 10.1. The second-order valence-electron chi connectivity index (χ2n) is 6.85. The average Bonchev–Trinajstić information content (AvgIpc) is 2.58. The van der Waals surface area contributed by atoms with E-state index in [9.17, 15) is 4.79 Å². The Morgan fingerprint density at radius 2 is 1.93 bits per heavy atom. The van der Waals surface area contributed by atoms with Crippen molar-refractivity contribution in [1.29, 1.82) is 0 Å². The minimum Gasteiger partial charge on any atom is -0.496 e. The Hall–Kier alpha value is -3.29. The van der Waals surface area contributed by atoms with Gasteiger partial charge in [-0.1, -0.05) is 0 Å². The fourth-order valence-electron chi connectivity index (χ4n) is 2.58. The summed E-state index contributed by atoms with van der Waals surface area (Å²) >= 11 is 0. The number of fused-ring (bicyclic) bond motifs is 1. The smallest absolute Gasteiger partial charge is 0.257 e. The zero-order valence-electron chi connectivity index (χ0n) is 17.1. The molecule has 8 heteroatoms. The van der Waals surface area contributed by atoms with Crippen LogP contribution in [0.3, 0.4) is 0 Å². The summed E-state index contributed by atoms with van der Waals surface area (Å²) in [5.41, 5.74) is 12.5. The molecule has 2 aromatic rings. The minimum atomic E-state index is -0.177. The summed E-state index contributed by atoms with van der Waals surface area (Å²) in [6.07, 6.45) is 1.43. The zero-order valence-corrected chi connectivity index (χ0v) is 17.1. The van der Waals surface area contributed by atoms with Crippen molar-refractivity contribution in [1.82, 2.24) is 9.88 Å². The summed E-state index contributed by atoms with van der Waals surface area (Å²) in [5, 5.41) is 1.44. The number of amidine groups is 1. The molecule has 0 unspecified atom stereocenters. The second-order valence-corrected chi connectivity index (χ2v) is 6.85. The van der Waals surface area contributed by atoms with Gasteiger partial charge in [0.15, 0.2) is 5.82 Å². The molecule has 4 N–H and O–H groups in total. The van der Waals surface area contributed by atoms with Crippen molar-refractivity contribution in [3.8, 4) is 11.6 Å². The van der Waals surface area contributed by atoms with Gasteiger partial charge in [0, 0.05) is 25.2 Å². The number of carbonyl (C=O) groups excluding carboxylic acids is 1. The number of amides is 1. The number of methoxy groups -OCH3 is 1. The first-order valence-electron chi connectivity index (χ1n) is 8.81. The van der Waals surface area contributed by atoms with E-state index in [1.807, 2.05) is 13.8 Å². The third kappa shape index (κ3) is 4.91. The van der Waals surface area contributed by atoms with Gasteiger partial charge in [-0.15, -0.1) is 0 Å². The highest BCUT2D eigenvalue weighted by molar-refractivity contribution is 6.03. The third-order valence-corrected chi connectivity index (χ3v) is 3.71. The van der Waals surface area contributed by atoms with Gasteiger partial charge in [0.05, 0.1) is 18.8 Å². The first kappa shape index (κ1) is 21.0. The van der Waals surface area contributed by atoms with E-state index in [0.717, 1.165) is 5.39 Å². The Labute approximate surface area is 164 Å². The van der Waals surface area contributed by atoms with Gasteiger partial charge in [0.2, 0.25) is 5.88 Å². The number of nitrogens with two attached hydrogens (primary N) is 2. The van der Waals surface area contributed by atoms with Crippen LogP contribution in [0.25, 0.3) is 10.8 Å². The summed E-state index contributed by atoms with van der Waals surface area (Å²) in [7, 11) is 4.89. The Morgan fingerprint density at radius 1 is 1.25 bits per heavy atom. The van der Waals surface area contributed by atoms with Crippen molar-refractivity contribution in [2.45, 2.75) is 26.9 Å². The first-order chi connectivity index (χ1) is 13.1. The molecule has 1 aromatic carbocycles. The lowest BCUT2D eigenvalue weighted by Crippen LogP contribution is -2.22. The molecule has 1 amide bonds. The normalized spacial score (nSPS) is 12.4. The highest BCUT2D eigenvalue weighted by Crippen LogP contribution is 2.34. The van der Waals surface area contributed by atoms with Crippen LogP contribution in [0.15, 0.2) is 35.0 Å². The zero-order chi connectivity index (χ0) is 21.0. The molecule has 8 nitrogen and oxygen atoms in total. The van der Waals surface area contributed by atoms with E-state index in [2.05, 4.69) is 9.98 Å². The van der Waals surface area contributed by atoms with Crippen LogP contribution in [0.4, 0.5) is 5.82 Å². The summed E-state index contributed by atoms with van der Waals surface area (Å²) in [6, 6.07) is 5.24. The molecule has 0 aliphatic heterocycles. The summed E-state index contributed by atoms with van der Waals surface area (Å²) in [6.45, 7) is 5.51. The van der Waals surface area contributed by atoms with E-state index in [1.165, 1.54) is 12.0 Å². The van der Waals surface area contributed by atoms with Crippen LogP contribution >= 0.6 is 0 Å². The van der Waals surface area contributed by atoms with Crippen LogP contribution in [-0.4, -0.2) is 48.9 Å². The molecule has 0 saturated heterocycles. The highest BCUT2D eigenvalue weighted by atomic mass is 16.5. The number of rotatable bonds is 6. The van der Waals surface area contributed by atoms with Gasteiger partial charge in [-0.05, 0) is 50.4 Å². The maximum Gasteiger partial charge on any atom is 0.257 e. The molecular weight excluding hydrogens is 358 g/mol. The number of hydrogen-bond donors (Lipinski definition) is 2. The van der Waals surface area contributed by atoms with Gasteiger partial charge in [0.25, 0.3) is 5.91 Å². The predicted molar refractivity (Wildman–Crippen MR) is 111 cm³/mol. The number of benzene rings is 1. The van der Waals surface area contributed by atoms with Crippen molar-refractivity contribution in [2.75, 3.05) is 21.2 Å². The first-order valence-corrected chi connectivity index (χ1v) is 8.81. The molecule has 0 bridgehead atoms. The Morgan fingerprint density at radius 3 is 2.46 bits per heavy atom. The molecule has 0 spiro atoms. The lowest BCUT2D eigenvalue weighted by Gasteiger charge is -2.17. The van der Waals surface area contributed by atoms with Crippen molar-refractivity contribution in [3.05, 3.63) is 35.5 Å². The molecule has 1 heterocycles. The van der Waals surface area contributed by atoms with E-state index < -0.39 is 0 Å². The van der Waals surface area contributed by atoms with Crippen LogP contribution < -0.4 is 20.9 Å². The largest absolute Gasteiger partial charge is 0.496 e. The molecule has 0 atom stereocenters. The fourth-order valence-corrected chi connectivity index (χ4v) is 2.58. The highest BCUT2D eigenvalue weighted by Gasteiger charge is 2.19. The third-order valence-electron chi connectivity index (χ3n) is 3.71. The number of aromatic nitrogens is 1. The lowest BCUT2D eigenvalue weighted by molar-refractivity contribution is 0.0824. The van der Waals surface area contributed by atoms with Crippen LogP contribution in [0.5, 0.6) is 11.6 Å². The minimum absolute atomic E-state index is 0.117. The molecule has 1 aromatic heterocycles. The molecule has 0 fully saturated rings. The van der Waals surface area contributed by atoms with Crippen molar-refractivity contribution >= 4 is 28.3 Å². The van der Waals surface area contributed by atoms with E-state index >= 15 is 0 Å². The van der Waals surface area contributed by atoms with E-state index in [4.69, 9.17) is 20.9 Å². The van der Waals surface area contributed by atoms with Gasteiger partial charge >= 0.3 is 0 Å². The number of pyridine rings is 1. The van der Waals surface area contributed by atoms with Gasteiger partial charge in [0.1, 0.15) is 11.6 Å². The number of hydrogen-bond acceptors (Lipinski definition) is 6. The van der Waals surface area contributed by atoms with Gasteiger partial charge < -0.3 is 25.8 Å². The number of nitrogens with zero attached hydrogens (tertiary/aromatic N) is 3. The van der Waals surface area contributed by atoms with Gasteiger partial charge in [-0.3, -0.25) is 4.79 Å². The molecule has 0 aliphatic carbocycles. The van der Waals surface area contributed by atoms with Crippen LogP contribution in [0.2, 0.25) is 0 Å². The maximum absolute atomic E-state index is 12.5. The summed E-state index contributed by atoms with van der Waals surface area (Å²) < 4.78 is 11.3. The molecule has 150 valence electrons. The molecule has 0 radical (unpaired) electrons. The number of allylic oxidation sites excluding steroid dienone is 1. The molecular formula is C20H27N5O3. The summed E-state index contributed by atoms with van der Waals surface area (Å²) in [5.74, 6) is 1.24. The molecule has 2 rings (SSSR count). The van der Waals surface area contributed by atoms with Gasteiger partial charge in [-0.2, -0.15) is 4.98 Å². The van der Waals surface area contributed by atoms with Crippen LogP contribution in [-0.2, 0) is 0 Å². The Kier molecular flexibility index (Phi) is 6.45. The SMILES string of the molecule is COc1cc2cc(N=C(N)C=C(C)N)nc(OC(C)C)c2cc1C(=O)N(C)C. The van der Waals surface area contributed by atoms with Crippen molar-refractivity contribution < 1.29 is 14.3 Å². The van der Waals surface area contributed by atoms with Crippen molar-refractivity contribution in [3.63, 3.8) is 0 Å². The number of carbonyl (C=O) groups is 1. The maximum atomic E-state index is 12.5. The Balaban J connectivity index is 2.74. The molecule has 28 heavy (non-hydrogen) atoms. The number of ether oxygens (including phenoxy) is 2. The molecule has 0 saturated carbocycles. The van der Waals surface area contributed by atoms with Gasteiger partial charge in [-0.25, -0.2) is 4.99 Å².